The SMILES string of the molecule is CCOc1cc(C2C3=C(CCCC3=O)N(CCc3ccccc3)C3=C2C(=O)CCC3)cc(I)c1OCc1ccccc1Cl. The molecule has 3 aromatic rings. The maximum Gasteiger partial charge on any atom is 0.174 e. The first kappa shape index (κ1) is 29.9. The van der Waals surface area contributed by atoms with Gasteiger partial charge in [0.1, 0.15) is 6.61 Å². The molecule has 0 aromatic heterocycles. The highest BCUT2D eigenvalue weighted by atomic mass is 127. The molecule has 0 fully saturated rings. The van der Waals surface area contributed by atoms with Crippen LogP contribution in [0.15, 0.2) is 89.3 Å². The second-order valence-electron chi connectivity index (χ2n) is 11.2. The average molecular weight is 708 g/mol. The number of allylic oxidation sites excluding steroid dienone is 4. The summed E-state index contributed by atoms with van der Waals surface area (Å²) < 4.78 is 13.3. The maximum absolute atomic E-state index is 13.8. The van der Waals surface area contributed by atoms with Gasteiger partial charge in [0.15, 0.2) is 23.1 Å². The molecule has 3 aromatic carbocycles. The molecular formula is C36H35ClINO4. The summed E-state index contributed by atoms with van der Waals surface area (Å²) in [4.78, 5) is 29.9. The molecule has 7 heteroatoms. The second kappa shape index (κ2) is 13.3. The van der Waals surface area contributed by atoms with Crippen molar-refractivity contribution < 1.29 is 19.1 Å². The molecule has 0 amide bonds. The van der Waals surface area contributed by atoms with Crippen molar-refractivity contribution in [2.45, 2.75) is 64.4 Å². The smallest absolute Gasteiger partial charge is 0.174 e. The van der Waals surface area contributed by atoms with Gasteiger partial charge in [0.2, 0.25) is 0 Å². The third kappa shape index (κ3) is 6.14. The van der Waals surface area contributed by atoms with Gasteiger partial charge in [0, 0.05) is 58.4 Å². The van der Waals surface area contributed by atoms with E-state index in [0.29, 0.717) is 42.6 Å². The summed E-state index contributed by atoms with van der Waals surface area (Å²) in [6.45, 7) is 3.46. The lowest BCUT2D eigenvalue weighted by Gasteiger charge is -2.44. The molecule has 6 rings (SSSR count). The molecule has 0 saturated carbocycles. The molecule has 2 aliphatic carbocycles. The van der Waals surface area contributed by atoms with Crippen LogP contribution in [0.3, 0.4) is 0 Å². The maximum atomic E-state index is 13.8. The molecule has 0 bridgehead atoms. The fourth-order valence-electron chi connectivity index (χ4n) is 6.63. The largest absolute Gasteiger partial charge is 0.490 e. The molecule has 0 unspecified atom stereocenters. The summed E-state index contributed by atoms with van der Waals surface area (Å²) in [5.41, 5.74) is 6.81. The van der Waals surface area contributed by atoms with Crippen LogP contribution in [-0.4, -0.2) is 29.6 Å². The van der Waals surface area contributed by atoms with Crippen LogP contribution in [-0.2, 0) is 22.6 Å². The van der Waals surface area contributed by atoms with Gasteiger partial charge >= 0.3 is 0 Å². The van der Waals surface area contributed by atoms with Crippen LogP contribution in [0.1, 0.15) is 68.1 Å². The first-order valence-electron chi connectivity index (χ1n) is 15.1. The third-order valence-corrected chi connectivity index (χ3v) is 9.72. The molecule has 5 nitrogen and oxygen atoms in total. The van der Waals surface area contributed by atoms with E-state index >= 15 is 0 Å². The van der Waals surface area contributed by atoms with E-state index < -0.39 is 5.92 Å². The number of halogens is 2. The molecule has 0 radical (unpaired) electrons. The quantitative estimate of drug-likeness (QED) is 0.209. The van der Waals surface area contributed by atoms with Crippen molar-refractivity contribution in [3.8, 4) is 11.5 Å². The van der Waals surface area contributed by atoms with E-state index in [9.17, 15) is 9.59 Å². The zero-order valence-electron chi connectivity index (χ0n) is 24.3. The summed E-state index contributed by atoms with van der Waals surface area (Å²) in [7, 11) is 0. The number of rotatable bonds is 9. The van der Waals surface area contributed by atoms with E-state index in [4.69, 9.17) is 21.1 Å². The molecule has 0 spiro atoms. The number of hydrogen-bond acceptors (Lipinski definition) is 5. The van der Waals surface area contributed by atoms with E-state index in [1.165, 1.54) is 5.56 Å². The fourth-order valence-corrected chi connectivity index (χ4v) is 7.60. The number of carbonyl (C=O) groups excluding carboxylic acids is 2. The zero-order chi connectivity index (χ0) is 29.9. The van der Waals surface area contributed by atoms with Gasteiger partial charge in [-0.25, -0.2) is 0 Å². The number of hydrogen-bond donors (Lipinski definition) is 0. The molecule has 0 N–H and O–H groups in total. The molecule has 3 aliphatic rings. The van der Waals surface area contributed by atoms with E-state index in [1.807, 2.05) is 43.3 Å². The molecule has 0 saturated heterocycles. The highest BCUT2D eigenvalue weighted by Gasteiger charge is 2.43. The molecule has 43 heavy (non-hydrogen) atoms. The van der Waals surface area contributed by atoms with Crippen molar-refractivity contribution in [3.63, 3.8) is 0 Å². The van der Waals surface area contributed by atoms with Gasteiger partial charge in [0.05, 0.1) is 10.2 Å². The highest BCUT2D eigenvalue weighted by Crippen LogP contribution is 2.50. The Morgan fingerprint density at radius 2 is 1.51 bits per heavy atom. The molecule has 0 atom stereocenters. The molecular weight excluding hydrogens is 673 g/mol. The Bertz CT molecular complexity index is 1570. The Morgan fingerprint density at radius 1 is 0.860 bits per heavy atom. The normalized spacial score (nSPS) is 17.2. The minimum Gasteiger partial charge on any atom is -0.490 e. The van der Waals surface area contributed by atoms with Crippen LogP contribution >= 0.6 is 34.2 Å². The summed E-state index contributed by atoms with van der Waals surface area (Å²) >= 11 is 8.67. The van der Waals surface area contributed by atoms with Gasteiger partial charge in [-0.05, 0) is 90.9 Å². The highest BCUT2D eigenvalue weighted by molar-refractivity contribution is 14.1. The van der Waals surface area contributed by atoms with Crippen LogP contribution in [0.2, 0.25) is 5.02 Å². The average Bonchev–Trinajstić information content (AvgIpc) is 3.01. The Balaban J connectivity index is 1.42. The number of nitrogens with zero attached hydrogens (tertiary/aromatic N) is 1. The lowest BCUT2D eigenvalue weighted by Crippen LogP contribution is -2.40. The third-order valence-electron chi connectivity index (χ3n) is 8.55. The second-order valence-corrected chi connectivity index (χ2v) is 12.8. The summed E-state index contributed by atoms with van der Waals surface area (Å²) in [5, 5.41) is 0.650. The predicted molar refractivity (Wildman–Crippen MR) is 177 cm³/mol. The van der Waals surface area contributed by atoms with Crippen LogP contribution in [0.4, 0.5) is 0 Å². The van der Waals surface area contributed by atoms with E-state index in [2.05, 4.69) is 57.8 Å². The lowest BCUT2D eigenvalue weighted by molar-refractivity contribution is -0.117. The lowest BCUT2D eigenvalue weighted by atomic mass is 9.71. The Morgan fingerprint density at radius 3 is 2.16 bits per heavy atom. The molecule has 222 valence electrons. The Labute approximate surface area is 272 Å². The van der Waals surface area contributed by atoms with Crippen LogP contribution in [0.5, 0.6) is 11.5 Å². The Hall–Kier alpha value is -3.10. The number of carbonyl (C=O) groups is 2. The zero-order valence-corrected chi connectivity index (χ0v) is 27.2. The monoisotopic (exact) mass is 707 g/mol. The van der Waals surface area contributed by atoms with Crippen molar-refractivity contribution in [1.29, 1.82) is 0 Å². The summed E-state index contributed by atoms with van der Waals surface area (Å²) in [6.07, 6.45) is 5.21. The van der Waals surface area contributed by atoms with Gasteiger partial charge < -0.3 is 14.4 Å². The number of ether oxygens (including phenoxy) is 2. The van der Waals surface area contributed by atoms with Gasteiger partial charge in [-0.3, -0.25) is 9.59 Å². The molecule has 1 heterocycles. The van der Waals surface area contributed by atoms with Gasteiger partial charge in [-0.1, -0.05) is 60.1 Å². The summed E-state index contributed by atoms with van der Waals surface area (Å²) in [5.74, 6) is 1.14. The van der Waals surface area contributed by atoms with Crippen molar-refractivity contribution in [3.05, 3.63) is 115 Å². The first-order chi connectivity index (χ1) is 21.0. The summed E-state index contributed by atoms with van der Waals surface area (Å²) in [6, 6.07) is 22.1. The van der Waals surface area contributed by atoms with E-state index in [1.54, 1.807) is 0 Å². The van der Waals surface area contributed by atoms with Crippen molar-refractivity contribution in [2.75, 3.05) is 13.2 Å². The molecule has 1 aliphatic heterocycles. The van der Waals surface area contributed by atoms with Crippen LogP contribution in [0.25, 0.3) is 0 Å². The number of benzene rings is 3. The van der Waals surface area contributed by atoms with Crippen molar-refractivity contribution in [2.24, 2.45) is 0 Å². The van der Waals surface area contributed by atoms with Gasteiger partial charge in [-0.15, -0.1) is 0 Å². The van der Waals surface area contributed by atoms with Crippen LogP contribution < -0.4 is 9.47 Å². The van der Waals surface area contributed by atoms with E-state index in [-0.39, 0.29) is 11.6 Å². The predicted octanol–water partition coefficient (Wildman–Crippen LogP) is 8.58. The van der Waals surface area contributed by atoms with E-state index in [0.717, 1.165) is 75.9 Å². The van der Waals surface area contributed by atoms with Crippen molar-refractivity contribution >= 4 is 45.8 Å². The standard InChI is InChI=1S/C36H35ClINO4/c1-2-42-32-21-25(20-27(38)36(32)43-22-24-12-6-7-13-26(24)37)33-34-28(14-8-16-30(34)40)39(19-18-23-10-4-3-5-11-23)29-15-9-17-31(41)35(29)33/h3-7,10-13,20-21,33H,2,8-9,14-19,22H2,1H3. The number of Topliss-reactive ketones (excluding diaryl/α,β-unsaturated/α-hetero) is 2. The fraction of sp³-hybridized carbons (Fsp3) is 0.333. The van der Waals surface area contributed by atoms with Gasteiger partial charge in [-0.2, -0.15) is 0 Å². The van der Waals surface area contributed by atoms with Crippen molar-refractivity contribution in [1.82, 2.24) is 4.90 Å². The topological polar surface area (TPSA) is 55.8 Å². The Kier molecular flexibility index (Phi) is 9.24. The number of ketones is 2. The first-order valence-corrected chi connectivity index (χ1v) is 16.6. The minimum atomic E-state index is -0.399. The minimum absolute atomic E-state index is 0.146. The van der Waals surface area contributed by atoms with Gasteiger partial charge in [0.25, 0.3) is 0 Å². The van der Waals surface area contributed by atoms with Crippen LogP contribution in [0, 0.1) is 3.57 Å².